The fourth-order valence-corrected chi connectivity index (χ4v) is 4.11. The van der Waals surface area contributed by atoms with Crippen LogP contribution in [0.3, 0.4) is 0 Å². The van der Waals surface area contributed by atoms with Crippen LogP contribution in [0.5, 0.6) is 5.75 Å². The zero-order chi connectivity index (χ0) is 19.6. The number of thiophene rings is 1. The van der Waals surface area contributed by atoms with Gasteiger partial charge in [0, 0.05) is 16.9 Å². The quantitative estimate of drug-likeness (QED) is 0.782. The highest BCUT2D eigenvalue weighted by Crippen LogP contribution is 2.41. The molecule has 1 N–H and O–H groups in total. The molecule has 2 heterocycles. The normalized spacial score (nSPS) is 15.0. The monoisotopic (exact) mass is 389 g/mol. The molecule has 1 aromatic carbocycles. The summed E-state index contributed by atoms with van der Waals surface area (Å²) in [5, 5.41) is 3.36. The number of fused-ring (bicyclic) bond motifs is 1. The highest BCUT2D eigenvalue weighted by molar-refractivity contribution is 7.17. The summed E-state index contributed by atoms with van der Waals surface area (Å²) in [7, 11) is 1.55. The first kappa shape index (κ1) is 19.4. The van der Waals surface area contributed by atoms with Crippen LogP contribution in [-0.4, -0.2) is 31.2 Å². The number of hydrogen-bond donors (Lipinski definition) is 1. The second-order valence-electron chi connectivity index (χ2n) is 6.84. The number of anilines is 1. The number of carbonyl (C=O) groups is 2. The lowest BCUT2D eigenvalue weighted by atomic mass is 9.93. The number of esters is 1. The topological polar surface area (TPSA) is 73.9 Å². The Balaban J connectivity index is 1.96. The van der Waals surface area contributed by atoms with Crippen LogP contribution in [0.25, 0.3) is 0 Å². The van der Waals surface area contributed by atoms with E-state index in [1.807, 2.05) is 13.8 Å². The van der Waals surface area contributed by atoms with Crippen molar-refractivity contribution >= 4 is 28.2 Å². The van der Waals surface area contributed by atoms with Gasteiger partial charge in [0.2, 0.25) is 0 Å². The molecule has 1 aliphatic heterocycles. The number of hydrogen-bond acceptors (Lipinski definition) is 6. The molecule has 0 fully saturated rings. The Morgan fingerprint density at radius 2 is 2.11 bits per heavy atom. The third kappa shape index (κ3) is 4.14. The molecular formula is C20H23NO5S. The lowest BCUT2D eigenvalue weighted by Gasteiger charge is -2.30. The molecule has 2 aromatic rings. The number of methoxy groups -OCH3 is 1. The summed E-state index contributed by atoms with van der Waals surface area (Å²) in [6.07, 6.45) is 0.585. The van der Waals surface area contributed by atoms with Crippen molar-refractivity contribution in [3.05, 3.63) is 45.8 Å². The van der Waals surface area contributed by atoms with E-state index in [0.717, 1.165) is 10.4 Å². The molecule has 144 valence electrons. The van der Waals surface area contributed by atoms with Crippen LogP contribution in [0.1, 0.15) is 51.9 Å². The summed E-state index contributed by atoms with van der Waals surface area (Å²) >= 11 is 1.36. The molecule has 0 saturated carbocycles. The standard InChI is InChI=1S/C20H23NO5S/c1-5-25-19(23)16-14-10-20(2,3)26-11-15(14)27-18(16)21-17(22)12-7-6-8-13(9-12)24-4/h6-9H,5,10-11H2,1-4H3,(H,21,22). The Morgan fingerprint density at radius 3 is 2.81 bits per heavy atom. The van der Waals surface area contributed by atoms with Crippen molar-refractivity contribution in [3.8, 4) is 5.75 Å². The van der Waals surface area contributed by atoms with Crippen molar-refractivity contribution in [1.29, 1.82) is 0 Å². The predicted molar refractivity (Wildman–Crippen MR) is 104 cm³/mol. The zero-order valence-corrected chi connectivity index (χ0v) is 16.7. The van der Waals surface area contributed by atoms with Gasteiger partial charge in [0.25, 0.3) is 5.91 Å². The molecule has 27 heavy (non-hydrogen) atoms. The molecule has 1 amide bonds. The lowest BCUT2D eigenvalue weighted by molar-refractivity contribution is -0.0384. The van der Waals surface area contributed by atoms with E-state index in [1.54, 1.807) is 38.3 Å². The van der Waals surface area contributed by atoms with Gasteiger partial charge in [0.05, 0.1) is 31.5 Å². The van der Waals surface area contributed by atoms with Crippen LogP contribution < -0.4 is 10.1 Å². The molecule has 1 aromatic heterocycles. The fraction of sp³-hybridized carbons (Fsp3) is 0.400. The maximum Gasteiger partial charge on any atom is 0.341 e. The largest absolute Gasteiger partial charge is 0.497 e. The zero-order valence-electron chi connectivity index (χ0n) is 15.9. The average molecular weight is 389 g/mol. The molecule has 0 bridgehead atoms. The second-order valence-corrected chi connectivity index (χ2v) is 7.94. The molecule has 0 unspecified atom stereocenters. The summed E-state index contributed by atoms with van der Waals surface area (Å²) in [5.41, 5.74) is 1.41. The minimum absolute atomic E-state index is 0.270. The Kier molecular flexibility index (Phi) is 5.53. The Labute approximate surface area is 162 Å². The van der Waals surface area contributed by atoms with Gasteiger partial charge in [-0.15, -0.1) is 11.3 Å². The van der Waals surface area contributed by atoms with E-state index in [4.69, 9.17) is 14.2 Å². The van der Waals surface area contributed by atoms with Gasteiger partial charge in [-0.25, -0.2) is 4.79 Å². The van der Waals surface area contributed by atoms with Crippen LogP contribution in [-0.2, 0) is 22.5 Å². The number of amides is 1. The molecule has 6 nitrogen and oxygen atoms in total. The van der Waals surface area contributed by atoms with Crippen molar-refractivity contribution in [1.82, 2.24) is 0 Å². The van der Waals surface area contributed by atoms with E-state index in [-0.39, 0.29) is 18.1 Å². The molecule has 1 aliphatic rings. The van der Waals surface area contributed by atoms with E-state index in [1.165, 1.54) is 11.3 Å². The van der Waals surface area contributed by atoms with Gasteiger partial charge in [-0.1, -0.05) is 6.07 Å². The number of nitrogens with one attached hydrogen (secondary N) is 1. The molecule has 0 saturated heterocycles. The fourth-order valence-electron chi connectivity index (χ4n) is 3.00. The maximum atomic E-state index is 12.7. The molecular weight excluding hydrogens is 366 g/mol. The smallest absolute Gasteiger partial charge is 0.341 e. The number of carbonyl (C=O) groups excluding carboxylic acids is 2. The van der Waals surface area contributed by atoms with E-state index >= 15 is 0 Å². The minimum Gasteiger partial charge on any atom is -0.497 e. The van der Waals surface area contributed by atoms with Gasteiger partial charge < -0.3 is 19.5 Å². The van der Waals surface area contributed by atoms with Gasteiger partial charge in [0.15, 0.2) is 0 Å². The van der Waals surface area contributed by atoms with Crippen LogP contribution in [0, 0.1) is 0 Å². The summed E-state index contributed by atoms with van der Waals surface area (Å²) in [6.45, 7) is 6.41. The molecule has 0 aliphatic carbocycles. The van der Waals surface area contributed by atoms with Gasteiger partial charge in [-0.3, -0.25) is 4.79 Å². The summed E-state index contributed by atoms with van der Waals surface area (Å²) in [5.74, 6) is -0.138. The number of benzene rings is 1. The third-order valence-corrected chi connectivity index (χ3v) is 5.45. The minimum atomic E-state index is -0.423. The van der Waals surface area contributed by atoms with Crippen LogP contribution in [0.2, 0.25) is 0 Å². The van der Waals surface area contributed by atoms with Crippen LogP contribution >= 0.6 is 11.3 Å². The van der Waals surface area contributed by atoms with Gasteiger partial charge in [-0.05, 0) is 44.5 Å². The van der Waals surface area contributed by atoms with E-state index < -0.39 is 5.97 Å². The van der Waals surface area contributed by atoms with E-state index in [9.17, 15) is 9.59 Å². The van der Waals surface area contributed by atoms with Crippen LogP contribution in [0.4, 0.5) is 5.00 Å². The van der Waals surface area contributed by atoms with Gasteiger partial charge in [0.1, 0.15) is 10.8 Å². The maximum absolute atomic E-state index is 12.7. The molecule has 0 spiro atoms. The molecule has 0 atom stereocenters. The van der Waals surface area contributed by atoms with Gasteiger partial charge in [-0.2, -0.15) is 0 Å². The first-order valence-electron chi connectivity index (χ1n) is 8.75. The Bertz CT molecular complexity index is 871. The Hall–Kier alpha value is -2.38. The van der Waals surface area contributed by atoms with E-state index in [0.29, 0.717) is 34.9 Å². The first-order valence-corrected chi connectivity index (χ1v) is 9.57. The van der Waals surface area contributed by atoms with Crippen molar-refractivity contribution < 1.29 is 23.8 Å². The molecule has 3 rings (SSSR count). The summed E-state index contributed by atoms with van der Waals surface area (Å²) in [6, 6.07) is 6.86. The number of ether oxygens (including phenoxy) is 3. The van der Waals surface area contributed by atoms with E-state index in [2.05, 4.69) is 5.32 Å². The molecule has 0 radical (unpaired) electrons. The first-order chi connectivity index (χ1) is 12.8. The lowest BCUT2D eigenvalue weighted by Crippen LogP contribution is -2.32. The summed E-state index contributed by atoms with van der Waals surface area (Å²) < 4.78 is 16.3. The average Bonchev–Trinajstić information content (AvgIpc) is 2.97. The SMILES string of the molecule is CCOC(=O)c1c(NC(=O)c2cccc(OC)c2)sc2c1CC(C)(C)OC2. The Morgan fingerprint density at radius 1 is 1.33 bits per heavy atom. The highest BCUT2D eigenvalue weighted by atomic mass is 32.1. The predicted octanol–water partition coefficient (Wildman–Crippen LogP) is 4.04. The third-order valence-electron chi connectivity index (χ3n) is 4.33. The second kappa shape index (κ2) is 7.70. The van der Waals surface area contributed by atoms with Crippen molar-refractivity contribution in [2.75, 3.05) is 19.0 Å². The van der Waals surface area contributed by atoms with Crippen molar-refractivity contribution in [3.63, 3.8) is 0 Å². The van der Waals surface area contributed by atoms with Gasteiger partial charge >= 0.3 is 5.97 Å². The van der Waals surface area contributed by atoms with Crippen LogP contribution in [0.15, 0.2) is 24.3 Å². The molecule has 7 heteroatoms. The summed E-state index contributed by atoms with van der Waals surface area (Å²) in [4.78, 5) is 26.3. The van der Waals surface area contributed by atoms with Crippen molar-refractivity contribution in [2.45, 2.75) is 39.4 Å². The number of rotatable bonds is 5. The van der Waals surface area contributed by atoms with Crippen molar-refractivity contribution in [2.24, 2.45) is 0 Å². The highest BCUT2D eigenvalue weighted by Gasteiger charge is 2.34.